The molecule has 112 valence electrons. The summed E-state index contributed by atoms with van der Waals surface area (Å²) in [6.07, 6.45) is 7.79. The summed E-state index contributed by atoms with van der Waals surface area (Å²) in [4.78, 5) is 2.67. The molecule has 0 unspecified atom stereocenters. The number of hydrogen-bond acceptors (Lipinski definition) is 2. The van der Waals surface area contributed by atoms with Gasteiger partial charge < -0.3 is 9.64 Å². The normalized spacial score (nSPS) is 20.0. The molecular formula is C17H26ClNO. The fourth-order valence-corrected chi connectivity index (χ4v) is 3.16. The molecule has 1 aliphatic rings. The Morgan fingerprint density at radius 3 is 3.00 bits per heavy atom. The van der Waals surface area contributed by atoms with Crippen LogP contribution in [0.25, 0.3) is 0 Å². The lowest BCUT2D eigenvalue weighted by atomic mass is 10.00. The predicted octanol–water partition coefficient (Wildman–Crippen LogP) is 4.76. The van der Waals surface area contributed by atoms with Gasteiger partial charge in [-0.05, 0) is 63.4 Å². The van der Waals surface area contributed by atoms with Crippen molar-refractivity contribution in [2.75, 3.05) is 19.7 Å². The summed E-state index contributed by atoms with van der Waals surface area (Å²) in [6, 6.07) is 8.45. The second-order valence-electron chi connectivity index (χ2n) is 5.61. The van der Waals surface area contributed by atoms with Crippen LogP contribution in [-0.2, 0) is 0 Å². The quantitative estimate of drug-likeness (QED) is 0.672. The van der Waals surface area contributed by atoms with E-state index in [4.69, 9.17) is 16.3 Å². The minimum absolute atomic E-state index is 0.738. The van der Waals surface area contributed by atoms with Crippen LogP contribution in [-0.4, -0.2) is 30.6 Å². The maximum Gasteiger partial charge on any atom is 0.120 e. The van der Waals surface area contributed by atoms with Gasteiger partial charge in [0.25, 0.3) is 0 Å². The van der Waals surface area contributed by atoms with E-state index < -0.39 is 0 Å². The summed E-state index contributed by atoms with van der Waals surface area (Å²) in [5, 5.41) is 0.738. The summed E-state index contributed by atoms with van der Waals surface area (Å²) >= 11 is 5.93. The van der Waals surface area contributed by atoms with Gasteiger partial charge in [-0.25, -0.2) is 0 Å². The number of halogens is 1. The van der Waals surface area contributed by atoms with Crippen molar-refractivity contribution >= 4 is 11.6 Å². The zero-order valence-corrected chi connectivity index (χ0v) is 13.2. The minimum atomic E-state index is 0.738. The van der Waals surface area contributed by atoms with Crippen LogP contribution in [0.4, 0.5) is 0 Å². The van der Waals surface area contributed by atoms with E-state index in [9.17, 15) is 0 Å². The van der Waals surface area contributed by atoms with Gasteiger partial charge in [0.2, 0.25) is 0 Å². The number of likely N-dealkylation sites (tertiary alicyclic amines) is 1. The summed E-state index contributed by atoms with van der Waals surface area (Å²) in [5.74, 6) is 0.877. The summed E-state index contributed by atoms with van der Waals surface area (Å²) in [7, 11) is 0. The first-order valence-corrected chi connectivity index (χ1v) is 8.30. The van der Waals surface area contributed by atoms with Gasteiger partial charge in [0.05, 0.1) is 6.61 Å². The number of hydrogen-bond donors (Lipinski definition) is 0. The van der Waals surface area contributed by atoms with Gasteiger partial charge >= 0.3 is 0 Å². The summed E-state index contributed by atoms with van der Waals surface area (Å²) in [6.45, 7) is 5.60. The van der Waals surface area contributed by atoms with Crippen LogP contribution in [0, 0.1) is 0 Å². The van der Waals surface area contributed by atoms with Crippen LogP contribution in [0.2, 0.25) is 5.02 Å². The van der Waals surface area contributed by atoms with E-state index in [0.29, 0.717) is 0 Å². The molecule has 1 aromatic rings. The van der Waals surface area contributed by atoms with Crippen molar-refractivity contribution in [2.24, 2.45) is 0 Å². The van der Waals surface area contributed by atoms with E-state index in [1.807, 2.05) is 24.3 Å². The van der Waals surface area contributed by atoms with E-state index in [2.05, 4.69) is 11.8 Å². The van der Waals surface area contributed by atoms with Crippen LogP contribution >= 0.6 is 11.6 Å². The lowest BCUT2D eigenvalue weighted by Gasteiger charge is -2.35. The second kappa shape index (κ2) is 8.53. The Hall–Kier alpha value is -0.730. The Morgan fingerprint density at radius 2 is 2.20 bits per heavy atom. The number of rotatable bonds is 7. The van der Waals surface area contributed by atoms with Crippen molar-refractivity contribution < 1.29 is 4.74 Å². The van der Waals surface area contributed by atoms with Gasteiger partial charge in [-0.3, -0.25) is 0 Å². The van der Waals surface area contributed by atoms with Crippen LogP contribution in [0.5, 0.6) is 5.75 Å². The molecular weight excluding hydrogens is 270 g/mol. The van der Waals surface area contributed by atoms with Gasteiger partial charge in [0.15, 0.2) is 0 Å². The average molecular weight is 296 g/mol. The molecule has 0 N–H and O–H groups in total. The zero-order chi connectivity index (χ0) is 14.2. The van der Waals surface area contributed by atoms with Gasteiger partial charge in [0, 0.05) is 11.1 Å². The first-order valence-electron chi connectivity index (χ1n) is 7.92. The molecule has 1 aromatic carbocycles. The molecule has 0 bridgehead atoms. The van der Waals surface area contributed by atoms with Crippen LogP contribution in [0.15, 0.2) is 24.3 Å². The Kier molecular flexibility index (Phi) is 6.68. The fourth-order valence-electron chi connectivity index (χ4n) is 2.98. The number of nitrogens with zero attached hydrogens (tertiary/aromatic N) is 1. The van der Waals surface area contributed by atoms with Crippen molar-refractivity contribution in [3.8, 4) is 5.75 Å². The Bertz CT molecular complexity index is 396. The highest BCUT2D eigenvalue weighted by atomic mass is 35.5. The molecule has 0 amide bonds. The van der Waals surface area contributed by atoms with Crippen LogP contribution in [0.1, 0.15) is 45.4 Å². The second-order valence-corrected chi connectivity index (χ2v) is 6.04. The molecule has 1 heterocycles. The van der Waals surface area contributed by atoms with Crippen molar-refractivity contribution in [3.05, 3.63) is 29.3 Å². The van der Waals surface area contributed by atoms with Gasteiger partial charge in [0.1, 0.15) is 5.75 Å². The van der Waals surface area contributed by atoms with Crippen LogP contribution in [0.3, 0.4) is 0 Å². The lowest BCUT2D eigenvalue weighted by molar-refractivity contribution is 0.139. The highest BCUT2D eigenvalue weighted by Crippen LogP contribution is 2.20. The summed E-state index contributed by atoms with van der Waals surface area (Å²) < 4.78 is 5.73. The van der Waals surface area contributed by atoms with Crippen molar-refractivity contribution in [1.29, 1.82) is 0 Å². The molecule has 0 aromatic heterocycles. The maximum atomic E-state index is 5.93. The standard InChI is InChI=1S/C17H26ClNO/c1-2-16-9-3-4-11-19(16)12-5-6-13-20-17-10-7-8-15(18)14-17/h7-8,10,14,16H,2-6,9,11-13H2,1H3/t16-/m1/s1. The molecule has 1 aliphatic heterocycles. The molecule has 1 fully saturated rings. The third kappa shape index (κ3) is 4.99. The fraction of sp³-hybridized carbons (Fsp3) is 0.647. The highest BCUT2D eigenvalue weighted by Gasteiger charge is 2.19. The van der Waals surface area contributed by atoms with Crippen LogP contribution < -0.4 is 4.74 Å². The molecule has 2 nitrogen and oxygen atoms in total. The monoisotopic (exact) mass is 295 g/mol. The Labute approximate surface area is 128 Å². The number of benzene rings is 1. The zero-order valence-electron chi connectivity index (χ0n) is 12.5. The van der Waals surface area contributed by atoms with E-state index >= 15 is 0 Å². The molecule has 3 heteroatoms. The predicted molar refractivity (Wildman–Crippen MR) is 85.7 cm³/mol. The van der Waals surface area contributed by atoms with E-state index in [-0.39, 0.29) is 0 Å². The SMILES string of the molecule is CC[C@@H]1CCCCN1CCCCOc1cccc(Cl)c1. The third-order valence-electron chi connectivity index (χ3n) is 4.12. The van der Waals surface area contributed by atoms with Crippen molar-refractivity contribution in [1.82, 2.24) is 4.90 Å². The summed E-state index contributed by atoms with van der Waals surface area (Å²) in [5.41, 5.74) is 0. The van der Waals surface area contributed by atoms with Crippen molar-refractivity contribution in [3.63, 3.8) is 0 Å². The molecule has 20 heavy (non-hydrogen) atoms. The number of ether oxygens (including phenoxy) is 1. The number of unbranched alkanes of at least 4 members (excludes halogenated alkanes) is 1. The molecule has 0 radical (unpaired) electrons. The maximum absolute atomic E-state index is 5.93. The molecule has 0 aliphatic carbocycles. The van der Waals surface area contributed by atoms with Crippen molar-refractivity contribution in [2.45, 2.75) is 51.5 Å². The third-order valence-corrected chi connectivity index (χ3v) is 4.36. The van der Waals surface area contributed by atoms with E-state index in [1.165, 1.54) is 45.2 Å². The number of piperidine rings is 1. The molecule has 2 rings (SSSR count). The first-order chi connectivity index (χ1) is 9.79. The largest absolute Gasteiger partial charge is 0.494 e. The lowest BCUT2D eigenvalue weighted by Crippen LogP contribution is -2.39. The molecule has 1 atom stereocenters. The Balaban J connectivity index is 1.61. The topological polar surface area (TPSA) is 12.5 Å². The van der Waals surface area contributed by atoms with Gasteiger partial charge in [-0.1, -0.05) is 31.0 Å². The minimum Gasteiger partial charge on any atom is -0.494 e. The highest BCUT2D eigenvalue weighted by molar-refractivity contribution is 6.30. The molecule has 0 spiro atoms. The first kappa shape index (κ1) is 15.7. The average Bonchev–Trinajstić information content (AvgIpc) is 2.47. The van der Waals surface area contributed by atoms with Gasteiger partial charge in [-0.2, -0.15) is 0 Å². The molecule has 1 saturated heterocycles. The Morgan fingerprint density at radius 1 is 1.30 bits per heavy atom. The van der Waals surface area contributed by atoms with E-state index in [1.54, 1.807) is 0 Å². The smallest absolute Gasteiger partial charge is 0.120 e. The van der Waals surface area contributed by atoms with E-state index in [0.717, 1.165) is 29.8 Å². The molecule has 0 saturated carbocycles. The van der Waals surface area contributed by atoms with Gasteiger partial charge in [-0.15, -0.1) is 0 Å².